The van der Waals surface area contributed by atoms with Gasteiger partial charge in [-0.05, 0) is 42.0 Å². The quantitative estimate of drug-likeness (QED) is 0.919. The van der Waals surface area contributed by atoms with Crippen LogP contribution in [0.2, 0.25) is 5.02 Å². The Morgan fingerprint density at radius 1 is 1.25 bits per heavy atom. The largest absolute Gasteiger partial charge is 0.494 e. The third kappa shape index (κ3) is 3.19. The summed E-state index contributed by atoms with van der Waals surface area (Å²) in [6.07, 6.45) is 0. The van der Waals surface area contributed by atoms with E-state index in [2.05, 4.69) is 11.4 Å². The summed E-state index contributed by atoms with van der Waals surface area (Å²) in [5, 5.41) is 12.8. The number of nitrogens with zero attached hydrogens (tertiary/aromatic N) is 1. The van der Waals surface area contributed by atoms with E-state index in [-0.39, 0.29) is 5.75 Å². The van der Waals surface area contributed by atoms with E-state index in [4.69, 9.17) is 16.3 Å². The molecular formula is C15H12ClFN2O. The molecule has 0 aliphatic heterocycles. The fourth-order valence-electron chi connectivity index (χ4n) is 1.77. The summed E-state index contributed by atoms with van der Waals surface area (Å²) >= 11 is 5.80. The number of ether oxygens (including phenoxy) is 1. The predicted molar refractivity (Wildman–Crippen MR) is 76.4 cm³/mol. The maximum absolute atomic E-state index is 13.7. The molecule has 0 aromatic heterocycles. The van der Waals surface area contributed by atoms with Crippen molar-refractivity contribution in [1.29, 1.82) is 5.26 Å². The molecule has 0 saturated carbocycles. The molecule has 0 radical (unpaired) electrons. The van der Waals surface area contributed by atoms with Gasteiger partial charge in [-0.1, -0.05) is 17.7 Å². The minimum atomic E-state index is -0.656. The zero-order chi connectivity index (χ0) is 14.5. The van der Waals surface area contributed by atoms with Gasteiger partial charge in [0, 0.05) is 10.7 Å². The molecule has 1 unspecified atom stereocenters. The molecule has 2 aromatic carbocycles. The topological polar surface area (TPSA) is 45.0 Å². The zero-order valence-corrected chi connectivity index (χ0v) is 11.5. The number of anilines is 1. The molecule has 1 N–H and O–H groups in total. The van der Waals surface area contributed by atoms with Crippen molar-refractivity contribution in [2.24, 2.45) is 0 Å². The molecule has 1 atom stereocenters. The van der Waals surface area contributed by atoms with Gasteiger partial charge in [0.1, 0.15) is 6.04 Å². The van der Waals surface area contributed by atoms with Crippen LogP contribution < -0.4 is 10.1 Å². The second-order valence-corrected chi connectivity index (χ2v) is 4.54. The molecule has 3 nitrogen and oxygen atoms in total. The highest BCUT2D eigenvalue weighted by molar-refractivity contribution is 6.30. The van der Waals surface area contributed by atoms with Crippen LogP contribution in [0.25, 0.3) is 0 Å². The lowest BCUT2D eigenvalue weighted by Crippen LogP contribution is -2.08. The molecule has 102 valence electrons. The highest BCUT2D eigenvalue weighted by Gasteiger charge is 2.13. The summed E-state index contributed by atoms with van der Waals surface area (Å²) in [7, 11) is 1.39. The maximum atomic E-state index is 13.7. The maximum Gasteiger partial charge on any atom is 0.165 e. The zero-order valence-electron chi connectivity index (χ0n) is 10.7. The van der Waals surface area contributed by atoms with Gasteiger partial charge in [0.25, 0.3) is 0 Å². The average molecular weight is 291 g/mol. The molecule has 2 aromatic rings. The van der Waals surface area contributed by atoms with Crippen molar-refractivity contribution < 1.29 is 9.13 Å². The summed E-state index contributed by atoms with van der Waals surface area (Å²) in [6.45, 7) is 0. The van der Waals surface area contributed by atoms with Crippen LogP contribution in [0.4, 0.5) is 10.1 Å². The Bertz CT molecular complexity index is 637. The van der Waals surface area contributed by atoms with Crippen LogP contribution in [0.3, 0.4) is 0 Å². The molecule has 0 bridgehead atoms. The monoisotopic (exact) mass is 290 g/mol. The lowest BCUT2D eigenvalue weighted by Gasteiger charge is -2.14. The van der Waals surface area contributed by atoms with E-state index in [9.17, 15) is 9.65 Å². The first kappa shape index (κ1) is 14.2. The second-order valence-electron chi connectivity index (χ2n) is 4.11. The summed E-state index contributed by atoms with van der Waals surface area (Å²) in [6, 6.07) is 12.8. The number of hydrogen-bond donors (Lipinski definition) is 1. The minimum absolute atomic E-state index is 0.150. The molecule has 0 spiro atoms. The molecule has 0 heterocycles. The third-order valence-corrected chi connectivity index (χ3v) is 3.05. The standard InChI is InChI=1S/C15H12ClFN2O/c1-20-15-7-2-10(8-13(15)17)14(9-18)19-12-5-3-11(16)4-6-12/h2-8,14,19H,1H3. The van der Waals surface area contributed by atoms with Crippen LogP contribution in [-0.4, -0.2) is 7.11 Å². The van der Waals surface area contributed by atoms with E-state index in [1.54, 1.807) is 30.3 Å². The van der Waals surface area contributed by atoms with Gasteiger partial charge < -0.3 is 10.1 Å². The van der Waals surface area contributed by atoms with Crippen molar-refractivity contribution in [2.75, 3.05) is 12.4 Å². The molecule has 20 heavy (non-hydrogen) atoms. The molecule has 0 fully saturated rings. The highest BCUT2D eigenvalue weighted by atomic mass is 35.5. The Kier molecular flexibility index (Phi) is 4.44. The summed E-state index contributed by atoms with van der Waals surface area (Å²) in [5.74, 6) is -0.347. The van der Waals surface area contributed by atoms with Gasteiger partial charge in [0.15, 0.2) is 11.6 Å². The second kappa shape index (κ2) is 6.27. The third-order valence-electron chi connectivity index (χ3n) is 2.79. The normalized spacial score (nSPS) is 11.5. The van der Waals surface area contributed by atoms with E-state index >= 15 is 0 Å². The van der Waals surface area contributed by atoms with Crippen molar-refractivity contribution in [3.63, 3.8) is 0 Å². The fraction of sp³-hybridized carbons (Fsp3) is 0.133. The molecule has 0 saturated heterocycles. The van der Waals surface area contributed by atoms with Gasteiger partial charge in [0.2, 0.25) is 0 Å². The minimum Gasteiger partial charge on any atom is -0.494 e. The van der Waals surface area contributed by atoms with Gasteiger partial charge in [-0.15, -0.1) is 0 Å². The van der Waals surface area contributed by atoms with Gasteiger partial charge >= 0.3 is 0 Å². The van der Waals surface area contributed by atoms with E-state index < -0.39 is 11.9 Å². The summed E-state index contributed by atoms with van der Waals surface area (Å²) in [5.41, 5.74) is 1.26. The van der Waals surface area contributed by atoms with Crippen molar-refractivity contribution in [3.05, 3.63) is 58.9 Å². The Labute approximate surface area is 121 Å². The van der Waals surface area contributed by atoms with E-state index in [1.807, 2.05) is 0 Å². The molecule has 0 aliphatic carbocycles. The first-order valence-electron chi connectivity index (χ1n) is 5.89. The molecule has 5 heteroatoms. The van der Waals surface area contributed by atoms with Crippen LogP contribution in [0.5, 0.6) is 5.75 Å². The lowest BCUT2D eigenvalue weighted by molar-refractivity contribution is 0.386. The van der Waals surface area contributed by atoms with Gasteiger partial charge in [0.05, 0.1) is 13.2 Å². The van der Waals surface area contributed by atoms with Crippen LogP contribution >= 0.6 is 11.6 Å². The van der Waals surface area contributed by atoms with Crippen LogP contribution in [0.15, 0.2) is 42.5 Å². The molecule has 0 amide bonds. The van der Waals surface area contributed by atoms with E-state index in [0.29, 0.717) is 10.6 Å². The number of halogens is 2. The Balaban J connectivity index is 2.22. The first-order valence-corrected chi connectivity index (χ1v) is 6.27. The number of rotatable bonds is 4. The SMILES string of the molecule is COc1ccc(C(C#N)Nc2ccc(Cl)cc2)cc1F. The number of benzene rings is 2. The summed E-state index contributed by atoms with van der Waals surface area (Å²) in [4.78, 5) is 0. The highest BCUT2D eigenvalue weighted by Crippen LogP contribution is 2.25. The Morgan fingerprint density at radius 2 is 1.95 bits per heavy atom. The lowest BCUT2D eigenvalue weighted by atomic mass is 10.1. The van der Waals surface area contributed by atoms with Gasteiger partial charge in [-0.3, -0.25) is 0 Å². The fourth-order valence-corrected chi connectivity index (χ4v) is 1.89. The van der Waals surface area contributed by atoms with Crippen molar-refractivity contribution in [2.45, 2.75) is 6.04 Å². The number of hydrogen-bond acceptors (Lipinski definition) is 3. The van der Waals surface area contributed by atoms with Crippen molar-refractivity contribution in [3.8, 4) is 11.8 Å². The van der Waals surface area contributed by atoms with Crippen molar-refractivity contribution in [1.82, 2.24) is 0 Å². The van der Waals surface area contributed by atoms with Crippen molar-refractivity contribution >= 4 is 17.3 Å². The summed E-state index contributed by atoms with van der Waals surface area (Å²) < 4.78 is 18.5. The smallest absolute Gasteiger partial charge is 0.165 e. The molecule has 2 rings (SSSR count). The van der Waals surface area contributed by atoms with E-state index in [0.717, 1.165) is 5.69 Å². The number of nitrogens with one attached hydrogen (secondary N) is 1. The van der Waals surface area contributed by atoms with E-state index in [1.165, 1.54) is 19.2 Å². The molecule has 0 aliphatic rings. The predicted octanol–water partition coefficient (Wildman–Crippen LogP) is 4.16. The van der Waals surface area contributed by atoms with Crippen LogP contribution in [0.1, 0.15) is 11.6 Å². The Morgan fingerprint density at radius 3 is 2.50 bits per heavy atom. The average Bonchev–Trinajstić information content (AvgIpc) is 2.46. The van der Waals surface area contributed by atoms with Crippen LogP contribution in [0, 0.1) is 17.1 Å². The molecular weight excluding hydrogens is 279 g/mol. The van der Waals surface area contributed by atoms with Gasteiger partial charge in [-0.25, -0.2) is 4.39 Å². The Hall–Kier alpha value is -2.25. The number of nitriles is 1. The first-order chi connectivity index (χ1) is 9.63. The van der Waals surface area contributed by atoms with Gasteiger partial charge in [-0.2, -0.15) is 5.26 Å². The van der Waals surface area contributed by atoms with Crippen LogP contribution in [-0.2, 0) is 0 Å². The number of methoxy groups -OCH3 is 1.